The van der Waals surface area contributed by atoms with E-state index in [1.807, 2.05) is 17.0 Å². The molecule has 2 aromatic carbocycles. The topological polar surface area (TPSA) is 87.7 Å². The summed E-state index contributed by atoms with van der Waals surface area (Å²) >= 11 is 12.5. The van der Waals surface area contributed by atoms with E-state index in [1.54, 1.807) is 25.1 Å². The minimum Gasteiger partial charge on any atom is -0.455 e. The van der Waals surface area contributed by atoms with Crippen molar-refractivity contribution in [2.45, 2.75) is 31.7 Å². The van der Waals surface area contributed by atoms with Gasteiger partial charge in [-0.25, -0.2) is 4.98 Å². The highest BCUT2D eigenvalue weighted by molar-refractivity contribution is 6.40. The lowest BCUT2D eigenvalue weighted by atomic mass is 9.86. The fourth-order valence-corrected chi connectivity index (χ4v) is 5.49. The van der Waals surface area contributed by atoms with Gasteiger partial charge in [-0.05, 0) is 48.2 Å². The van der Waals surface area contributed by atoms with Gasteiger partial charge in [-0.15, -0.1) is 0 Å². The average molecular weight is 510 g/mol. The highest BCUT2D eigenvalue weighted by Crippen LogP contribution is 2.52. The number of rotatable bonds is 3. The maximum absolute atomic E-state index is 13.1. The number of carbonyl (C=O) groups is 2. The highest BCUT2D eigenvalue weighted by atomic mass is 35.5. The van der Waals surface area contributed by atoms with Crippen LogP contribution in [-0.4, -0.2) is 40.0 Å². The Labute approximate surface area is 211 Å². The van der Waals surface area contributed by atoms with E-state index in [0.717, 1.165) is 30.6 Å². The zero-order valence-corrected chi connectivity index (χ0v) is 20.4. The van der Waals surface area contributed by atoms with Gasteiger partial charge in [0.25, 0.3) is 5.91 Å². The molecule has 10 heteroatoms. The summed E-state index contributed by atoms with van der Waals surface area (Å²) in [5.41, 5.74) is 3.96. The van der Waals surface area contributed by atoms with Crippen LogP contribution < -0.4 is 15.0 Å². The van der Waals surface area contributed by atoms with E-state index in [2.05, 4.69) is 21.4 Å². The summed E-state index contributed by atoms with van der Waals surface area (Å²) < 4.78 is 5.77. The lowest BCUT2D eigenvalue weighted by Gasteiger charge is -2.35. The summed E-state index contributed by atoms with van der Waals surface area (Å²) in [5.74, 6) is 0.235. The number of fused-ring (bicyclic) bond motifs is 3. The Bertz CT molecular complexity index is 1370. The van der Waals surface area contributed by atoms with E-state index in [1.165, 1.54) is 16.7 Å². The van der Waals surface area contributed by atoms with Crippen molar-refractivity contribution in [3.8, 4) is 5.88 Å². The number of amides is 2. The standard InChI is InChI=1S/C25H21Cl2N5O3/c1-14(33)31-11-15-9-16(5-6-18(15)25(12-31)7-8-25)29-24-28-10-17-22(30-24)35-13-32(23(17)34)21-19(26)3-2-4-20(21)27/h2-6,9-10H,7-8,11-13H2,1H3,(H,28,29,30). The van der Waals surface area contributed by atoms with E-state index in [9.17, 15) is 9.59 Å². The number of anilines is 3. The molecule has 6 rings (SSSR count). The van der Waals surface area contributed by atoms with Crippen LogP contribution in [0, 0.1) is 0 Å². The number of benzene rings is 2. The molecule has 0 atom stereocenters. The molecule has 3 aromatic rings. The van der Waals surface area contributed by atoms with Gasteiger partial charge in [0.15, 0.2) is 6.73 Å². The van der Waals surface area contributed by atoms with Crippen molar-refractivity contribution in [2.75, 3.05) is 23.5 Å². The van der Waals surface area contributed by atoms with Gasteiger partial charge >= 0.3 is 0 Å². The molecule has 3 aliphatic rings. The number of para-hydroxylation sites is 1. The van der Waals surface area contributed by atoms with Crippen LogP contribution in [0.25, 0.3) is 0 Å². The van der Waals surface area contributed by atoms with Gasteiger partial charge in [-0.1, -0.05) is 35.3 Å². The quantitative estimate of drug-likeness (QED) is 0.539. The van der Waals surface area contributed by atoms with Gasteiger partial charge in [-0.2, -0.15) is 4.98 Å². The van der Waals surface area contributed by atoms with Crippen LogP contribution >= 0.6 is 23.2 Å². The third kappa shape index (κ3) is 3.77. The number of carbonyl (C=O) groups excluding carboxylic acids is 2. The van der Waals surface area contributed by atoms with Crippen LogP contribution in [0.1, 0.15) is 41.3 Å². The van der Waals surface area contributed by atoms with Crippen molar-refractivity contribution in [1.82, 2.24) is 14.9 Å². The number of aromatic nitrogens is 2. The summed E-state index contributed by atoms with van der Waals surface area (Å²) in [6, 6.07) is 11.2. The van der Waals surface area contributed by atoms with Crippen LogP contribution in [0.5, 0.6) is 5.88 Å². The fraction of sp³-hybridized carbons (Fsp3) is 0.280. The number of nitrogens with zero attached hydrogens (tertiary/aromatic N) is 4. The number of hydrogen-bond acceptors (Lipinski definition) is 6. The smallest absolute Gasteiger partial charge is 0.268 e. The van der Waals surface area contributed by atoms with Crippen molar-refractivity contribution >= 4 is 52.3 Å². The first-order valence-corrected chi connectivity index (χ1v) is 12.0. The third-order valence-electron chi connectivity index (χ3n) is 6.85. The first-order chi connectivity index (χ1) is 16.8. The Morgan fingerprint density at radius 1 is 1.17 bits per heavy atom. The summed E-state index contributed by atoms with van der Waals surface area (Å²) in [6.45, 7) is 2.92. The Morgan fingerprint density at radius 2 is 1.94 bits per heavy atom. The zero-order chi connectivity index (χ0) is 24.3. The molecule has 1 aliphatic carbocycles. The Morgan fingerprint density at radius 3 is 2.66 bits per heavy atom. The normalized spacial score (nSPS) is 17.5. The molecule has 1 saturated carbocycles. The minimum atomic E-state index is -0.347. The second kappa shape index (κ2) is 8.10. The SMILES string of the molecule is CC(=O)N1Cc2cc(Nc3ncc4c(n3)OCN(c3c(Cl)cccc3Cl)C4=O)ccc2C2(CC2)C1. The van der Waals surface area contributed by atoms with Crippen LogP contribution in [0.15, 0.2) is 42.6 Å². The molecule has 2 aliphatic heterocycles. The molecular weight excluding hydrogens is 489 g/mol. The van der Waals surface area contributed by atoms with E-state index in [4.69, 9.17) is 27.9 Å². The molecule has 1 N–H and O–H groups in total. The minimum absolute atomic E-state index is 0.0758. The molecule has 0 saturated heterocycles. The van der Waals surface area contributed by atoms with Crippen molar-refractivity contribution in [2.24, 2.45) is 0 Å². The van der Waals surface area contributed by atoms with Gasteiger partial charge in [0.2, 0.25) is 17.7 Å². The van der Waals surface area contributed by atoms with E-state index >= 15 is 0 Å². The molecule has 1 fully saturated rings. The van der Waals surface area contributed by atoms with Crippen LogP contribution in [0.4, 0.5) is 17.3 Å². The van der Waals surface area contributed by atoms with Gasteiger partial charge in [0, 0.05) is 37.3 Å². The molecule has 3 heterocycles. The highest BCUT2D eigenvalue weighted by Gasteiger charge is 2.49. The third-order valence-corrected chi connectivity index (χ3v) is 7.46. The first-order valence-electron chi connectivity index (χ1n) is 11.3. The lowest BCUT2D eigenvalue weighted by molar-refractivity contribution is -0.130. The van der Waals surface area contributed by atoms with Crippen LogP contribution in [0.2, 0.25) is 10.0 Å². The fourth-order valence-electron chi connectivity index (χ4n) is 4.89. The first kappa shape index (κ1) is 22.1. The van der Waals surface area contributed by atoms with Gasteiger partial charge in [-0.3, -0.25) is 14.5 Å². The predicted octanol–water partition coefficient (Wildman–Crippen LogP) is 4.92. The second-order valence-corrected chi connectivity index (χ2v) is 9.96. The molecule has 1 aromatic heterocycles. The molecule has 35 heavy (non-hydrogen) atoms. The Kier molecular flexibility index (Phi) is 5.12. The molecular formula is C25H21Cl2N5O3. The summed E-state index contributed by atoms with van der Waals surface area (Å²) in [5, 5.41) is 3.90. The maximum atomic E-state index is 13.1. The summed E-state index contributed by atoms with van der Waals surface area (Å²) in [4.78, 5) is 37.1. The average Bonchev–Trinajstić information content (AvgIpc) is 3.59. The van der Waals surface area contributed by atoms with E-state index < -0.39 is 0 Å². The van der Waals surface area contributed by atoms with Crippen molar-refractivity contribution in [3.63, 3.8) is 0 Å². The van der Waals surface area contributed by atoms with Crippen molar-refractivity contribution < 1.29 is 14.3 Å². The predicted molar refractivity (Wildman–Crippen MR) is 133 cm³/mol. The van der Waals surface area contributed by atoms with E-state index in [0.29, 0.717) is 28.2 Å². The number of ether oxygens (including phenoxy) is 1. The molecule has 0 radical (unpaired) electrons. The monoisotopic (exact) mass is 509 g/mol. The zero-order valence-electron chi connectivity index (χ0n) is 18.8. The van der Waals surface area contributed by atoms with Crippen LogP contribution in [0.3, 0.4) is 0 Å². The van der Waals surface area contributed by atoms with Crippen molar-refractivity contribution in [1.29, 1.82) is 0 Å². The van der Waals surface area contributed by atoms with Gasteiger partial charge in [0.05, 0.1) is 15.7 Å². The molecule has 8 nitrogen and oxygen atoms in total. The second-order valence-electron chi connectivity index (χ2n) is 9.14. The lowest BCUT2D eigenvalue weighted by Crippen LogP contribution is -2.40. The van der Waals surface area contributed by atoms with Gasteiger partial charge < -0.3 is 15.0 Å². The maximum Gasteiger partial charge on any atom is 0.268 e. The van der Waals surface area contributed by atoms with Gasteiger partial charge in [0.1, 0.15) is 5.56 Å². The largest absolute Gasteiger partial charge is 0.455 e. The molecule has 1 spiro atoms. The summed E-state index contributed by atoms with van der Waals surface area (Å²) in [7, 11) is 0. The van der Waals surface area contributed by atoms with E-state index in [-0.39, 0.29) is 35.4 Å². The number of nitrogens with one attached hydrogen (secondary N) is 1. The summed E-state index contributed by atoms with van der Waals surface area (Å²) in [6.07, 6.45) is 3.64. The Hall–Kier alpha value is -3.36. The van der Waals surface area contributed by atoms with Crippen molar-refractivity contribution in [3.05, 3.63) is 69.3 Å². The molecule has 0 unspecified atom stereocenters. The number of halogens is 2. The van der Waals surface area contributed by atoms with Crippen LogP contribution in [-0.2, 0) is 16.8 Å². The Balaban J connectivity index is 1.25. The molecule has 0 bridgehead atoms. The number of hydrogen-bond donors (Lipinski definition) is 1. The molecule has 178 valence electrons. The molecule has 2 amide bonds.